The van der Waals surface area contributed by atoms with Gasteiger partial charge in [-0.3, -0.25) is 57.5 Å². The van der Waals surface area contributed by atoms with E-state index in [0.29, 0.717) is 0 Å². The molecule has 4 atom stereocenters. The predicted octanol–water partition coefficient (Wildman–Crippen LogP) is 7.92. The third kappa shape index (κ3) is 25.0. The van der Waals surface area contributed by atoms with E-state index in [-0.39, 0.29) is 172 Å². The van der Waals surface area contributed by atoms with Crippen molar-refractivity contribution < 1.29 is 76.5 Å². The summed E-state index contributed by atoms with van der Waals surface area (Å²) in [5, 5.41) is 14.1. The summed E-state index contributed by atoms with van der Waals surface area (Å²) >= 11 is 0. The molecular weight excluding hydrogens is 1260 g/mol. The van der Waals surface area contributed by atoms with Gasteiger partial charge in [-0.15, -0.1) is 0 Å². The first-order valence-electron chi connectivity index (χ1n) is 34.9. The maximum Gasteiger partial charge on any atom is 0.305 e. The summed E-state index contributed by atoms with van der Waals surface area (Å²) in [6, 6.07) is 4.63. The minimum Gasteiger partial charge on any atom is -0.469 e. The fourth-order valence-electron chi connectivity index (χ4n) is 12.9. The number of carbonyl (C=O) groups excluding carboxylic acids is 12. The lowest BCUT2D eigenvalue weighted by Crippen LogP contribution is -2.55. The van der Waals surface area contributed by atoms with E-state index in [4.69, 9.17) is 18.9 Å². The van der Waals surface area contributed by atoms with Crippen LogP contribution in [0.4, 0.5) is 0 Å². The number of nitrogens with one attached hydrogen (secondary N) is 4. The first-order chi connectivity index (χ1) is 46.4. The Morgan fingerprint density at radius 3 is 1.18 bits per heavy atom. The van der Waals surface area contributed by atoms with Gasteiger partial charge in [0.05, 0.1) is 28.4 Å². The van der Waals surface area contributed by atoms with Gasteiger partial charge in [0.15, 0.2) is 0 Å². The fourth-order valence-corrected chi connectivity index (χ4v) is 12.9. The molecule has 4 unspecified atom stereocenters. The summed E-state index contributed by atoms with van der Waals surface area (Å²) in [7, 11) is 5.02. The molecule has 0 aliphatic heterocycles. The second-order valence-corrected chi connectivity index (χ2v) is 27.8. The van der Waals surface area contributed by atoms with Gasteiger partial charge >= 0.3 is 23.9 Å². The number of allylic oxidation sites excluding steroid dienone is 3. The van der Waals surface area contributed by atoms with Gasteiger partial charge in [-0.05, 0) is 141 Å². The summed E-state index contributed by atoms with van der Waals surface area (Å²) < 4.78 is 19.2. The summed E-state index contributed by atoms with van der Waals surface area (Å²) in [4.78, 5) is 168. The third-order valence-electron chi connectivity index (χ3n) is 17.6. The number of nitrogens with zero attached hydrogens (tertiary/aromatic N) is 4. The van der Waals surface area contributed by atoms with E-state index < -0.39 is 95.0 Å². The molecule has 4 N–H and O–H groups in total. The normalized spacial score (nSPS) is 13.6. The van der Waals surface area contributed by atoms with Crippen LogP contribution >= 0.6 is 0 Å². The van der Waals surface area contributed by atoms with Crippen molar-refractivity contribution >= 4 is 93.6 Å². The zero-order valence-electron chi connectivity index (χ0n) is 61.0. The van der Waals surface area contributed by atoms with Crippen molar-refractivity contribution in [1.29, 1.82) is 0 Å². The standard InChI is InChI=1S/C74H112N8O16/c1-47(2)66(79(43-21-31-61(88)96-13)56(83)26-17-30-60(87)95-12)70(91)75-40-18-27-57(84)80(44-22-32-62(89)97-14)67(48(3)4)71(92)76-41-19-28-58(85)81(45-23-33-63(90)98-15)68(49(5)6)72(93)77-42-20-29-59(86)82(69(50(7)8)73(94)78-74(9,10)11)46-54-37-36-53-35-34-51-24-16-25-52-38-39-55(54)65(53)64(51)52/h16,25,34,36-39,47-50,66-69H,17-24,26-33,35,40-46H2,1-15H3,(H,75,91)(H,76,92)(H,77,93)(H,78,94). The van der Waals surface area contributed by atoms with Gasteiger partial charge in [-0.1, -0.05) is 97.9 Å². The van der Waals surface area contributed by atoms with Gasteiger partial charge in [-0.2, -0.15) is 0 Å². The van der Waals surface area contributed by atoms with Crippen LogP contribution in [0.15, 0.2) is 36.4 Å². The Labute approximate surface area is 580 Å². The van der Waals surface area contributed by atoms with Crippen LogP contribution in [0, 0.1) is 23.7 Å². The second kappa shape index (κ2) is 40.6. The molecule has 0 heterocycles. The van der Waals surface area contributed by atoms with Crippen LogP contribution in [0.2, 0.25) is 0 Å². The molecule has 544 valence electrons. The second-order valence-electron chi connectivity index (χ2n) is 27.8. The van der Waals surface area contributed by atoms with Crippen molar-refractivity contribution in [3.8, 4) is 0 Å². The van der Waals surface area contributed by atoms with Crippen molar-refractivity contribution in [2.45, 2.75) is 222 Å². The molecule has 24 heteroatoms. The Hall–Kier alpha value is -8.18. The van der Waals surface area contributed by atoms with Crippen molar-refractivity contribution in [2.75, 3.05) is 67.7 Å². The minimum atomic E-state index is -1.02. The number of rotatable bonds is 42. The fraction of sp³-hybridized carbons (Fsp3) is 0.649. The minimum absolute atomic E-state index is 0.00104. The predicted molar refractivity (Wildman–Crippen MR) is 374 cm³/mol. The van der Waals surface area contributed by atoms with Crippen LogP contribution in [0.3, 0.4) is 0 Å². The number of esters is 4. The Balaban J connectivity index is 1.47. The molecule has 8 amide bonds. The average Bonchev–Trinajstić information content (AvgIpc) is 0.741. The molecule has 4 rings (SSSR count). The highest BCUT2D eigenvalue weighted by molar-refractivity contribution is 6.04. The first kappa shape index (κ1) is 82.2. The van der Waals surface area contributed by atoms with Crippen LogP contribution in [0.5, 0.6) is 0 Å². The van der Waals surface area contributed by atoms with E-state index >= 15 is 0 Å². The molecule has 0 radical (unpaired) electrons. The Bertz CT molecular complexity index is 3170. The highest BCUT2D eigenvalue weighted by Crippen LogP contribution is 2.42. The van der Waals surface area contributed by atoms with Crippen LogP contribution in [-0.4, -0.2) is 188 Å². The lowest BCUT2D eigenvalue weighted by molar-refractivity contribution is -0.145. The molecule has 2 aliphatic carbocycles. The maximum atomic E-state index is 14.8. The van der Waals surface area contributed by atoms with Crippen molar-refractivity contribution in [3.05, 3.63) is 58.7 Å². The summed E-state index contributed by atoms with van der Waals surface area (Å²) in [5.41, 5.74) is 5.22. The van der Waals surface area contributed by atoms with E-state index in [2.05, 4.69) is 63.8 Å². The topological polar surface area (TPSA) is 303 Å². The van der Waals surface area contributed by atoms with Gasteiger partial charge in [0, 0.05) is 103 Å². The Morgan fingerprint density at radius 2 is 0.806 bits per heavy atom. The number of hydrogen-bond acceptors (Lipinski definition) is 16. The highest BCUT2D eigenvalue weighted by Gasteiger charge is 2.38. The van der Waals surface area contributed by atoms with E-state index in [0.717, 1.165) is 29.4 Å². The Morgan fingerprint density at radius 1 is 0.439 bits per heavy atom. The maximum absolute atomic E-state index is 14.8. The van der Waals surface area contributed by atoms with Crippen LogP contribution in [-0.2, 0) is 89.4 Å². The number of methoxy groups -OCH3 is 4. The SMILES string of the molecule is COC(=O)CCCC(=O)N(CCCC(=O)OC)C(C(=O)NCCCC(=O)N(CCCC(=O)OC)C(C(=O)NCCCC(=O)N(CCCC(=O)OC)C(C(=O)NCCCC(=O)N(Cc1ccc2c3c4c(ccc13)C=CCC4=CC2)C(C(=O)NC(C)(C)C)C(C)C)C(C)C)C(C)C)C(C)C. The van der Waals surface area contributed by atoms with Gasteiger partial charge in [0.1, 0.15) is 24.2 Å². The molecule has 0 spiro atoms. The lowest BCUT2D eigenvalue weighted by Gasteiger charge is -2.36. The van der Waals surface area contributed by atoms with Gasteiger partial charge in [0.2, 0.25) is 47.3 Å². The van der Waals surface area contributed by atoms with E-state index in [1.54, 1.807) is 32.6 Å². The molecule has 2 aromatic rings. The molecular formula is C74H112N8O16. The number of hydrogen-bond donors (Lipinski definition) is 4. The monoisotopic (exact) mass is 1370 g/mol. The third-order valence-corrected chi connectivity index (χ3v) is 17.6. The molecule has 0 saturated carbocycles. The summed E-state index contributed by atoms with van der Waals surface area (Å²) in [6.07, 6.45) is 9.22. The molecule has 0 aromatic heterocycles. The summed E-state index contributed by atoms with van der Waals surface area (Å²) in [6.45, 7) is 20.7. The van der Waals surface area contributed by atoms with Crippen LogP contribution in [0.25, 0.3) is 22.4 Å². The average molecular weight is 1370 g/mol. The highest BCUT2D eigenvalue weighted by atomic mass is 16.5. The van der Waals surface area contributed by atoms with E-state index in [9.17, 15) is 57.5 Å². The zero-order chi connectivity index (χ0) is 73.0. The zero-order valence-corrected chi connectivity index (χ0v) is 61.0. The van der Waals surface area contributed by atoms with Gasteiger partial charge < -0.3 is 59.8 Å². The smallest absolute Gasteiger partial charge is 0.305 e. The molecule has 98 heavy (non-hydrogen) atoms. The van der Waals surface area contributed by atoms with E-state index in [1.165, 1.54) is 65.2 Å². The van der Waals surface area contributed by atoms with Crippen molar-refractivity contribution in [2.24, 2.45) is 23.7 Å². The molecule has 0 saturated heterocycles. The Kier molecular flexibility index (Phi) is 34.1. The molecule has 0 fully saturated rings. The molecule has 24 nitrogen and oxygen atoms in total. The number of benzene rings is 2. The van der Waals surface area contributed by atoms with Gasteiger partial charge in [0.25, 0.3) is 0 Å². The van der Waals surface area contributed by atoms with Gasteiger partial charge in [-0.25, -0.2) is 0 Å². The molecule has 2 aliphatic rings. The number of carbonyl (C=O) groups is 12. The quantitative estimate of drug-likeness (QED) is 0.0279. The lowest BCUT2D eigenvalue weighted by atomic mass is 9.80. The van der Waals surface area contributed by atoms with Crippen LogP contribution < -0.4 is 21.3 Å². The largest absolute Gasteiger partial charge is 0.469 e. The molecule has 0 bridgehead atoms. The molecule has 2 aromatic carbocycles. The van der Waals surface area contributed by atoms with Crippen LogP contribution in [0.1, 0.15) is 201 Å². The summed E-state index contributed by atoms with van der Waals surface area (Å²) in [5.74, 6) is -6.62. The van der Waals surface area contributed by atoms with Crippen molar-refractivity contribution in [1.82, 2.24) is 40.9 Å². The van der Waals surface area contributed by atoms with Crippen molar-refractivity contribution in [3.63, 3.8) is 0 Å². The van der Waals surface area contributed by atoms with E-state index in [1.807, 2.05) is 48.5 Å². The first-order valence-corrected chi connectivity index (χ1v) is 34.9. The number of amides is 8. The number of ether oxygens (including phenoxy) is 4.